The second kappa shape index (κ2) is 6.12. The Balaban J connectivity index is 2.00. The SMILES string of the molecule is CC(C)CNCc1ccc(-n2cnc(C#N)n2)cc1. The third-order valence-corrected chi connectivity index (χ3v) is 2.67. The average molecular weight is 255 g/mol. The minimum Gasteiger partial charge on any atom is -0.312 e. The van der Waals surface area contributed by atoms with Gasteiger partial charge in [-0.25, -0.2) is 9.67 Å². The van der Waals surface area contributed by atoms with Gasteiger partial charge in [-0.15, -0.1) is 5.10 Å². The molecule has 5 heteroatoms. The number of hydrogen-bond donors (Lipinski definition) is 1. The molecule has 0 aliphatic rings. The second-order valence-corrected chi connectivity index (χ2v) is 4.82. The van der Waals surface area contributed by atoms with Gasteiger partial charge in [0.05, 0.1) is 5.69 Å². The topological polar surface area (TPSA) is 66.5 Å². The van der Waals surface area contributed by atoms with E-state index in [2.05, 4.69) is 41.4 Å². The van der Waals surface area contributed by atoms with E-state index in [1.165, 1.54) is 5.56 Å². The molecule has 0 saturated carbocycles. The van der Waals surface area contributed by atoms with E-state index >= 15 is 0 Å². The van der Waals surface area contributed by atoms with E-state index in [1.54, 1.807) is 11.0 Å². The molecule has 1 aromatic carbocycles. The van der Waals surface area contributed by atoms with Gasteiger partial charge in [0.1, 0.15) is 12.4 Å². The van der Waals surface area contributed by atoms with Crippen LogP contribution in [0.25, 0.3) is 5.69 Å². The molecular formula is C14H17N5. The summed E-state index contributed by atoms with van der Waals surface area (Å²) in [6.45, 7) is 6.25. The first kappa shape index (κ1) is 13.2. The highest BCUT2D eigenvalue weighted by Crippen LogP contribution is 2.08. The summed E-state index contributed by atoms with van der Waals surface area (Å²) in [5, 5.41) is 16.1. The number of aromatic nitrogens is 3. The molecule has 0 amide bonds. The maximum Gasteiger partial charge on any atom is 0.252 e. The lowest BCUT2D eigenvalue weighted by molar-refractivity contribution is 0.552. The summed E-state index contributed by atoms with van der Waals surface area (Å²) in [7, 11) is 0. The molecule has 1 heterocycles. The van der Waals surface area contributed by atoms with Crippen LogP contribution in [0.4, 0.5) is 0 Å². The molecule has 0 saturated heterocycles. The predicted molar refractivity (Wildman–Crippen MR) is 72.6 cm³/mol. The van der Waals surface area contributed by atoms with Gasteiger partial charge in [-0.1, -0.05) is 26.0 Å². The lowest BCUT2D eigenvalue weighted by Gasteiger charge is -2.08. The van der Waals surface area contributed by atoms with Gasteiger partial charge in [0.25, 0.3) is 5.82 Å². The largest absolute Gasteiger partial charge is 0.312 e. The molecule has 0 unspecified atom stereocenters. The van der Waals surface area contributed by atoms with Crippen molar-refractivity contribution >= 4 is 0 Å². The Labute approximate surface area is 112 Å². The van der Waals surface area contributed by atoms with Crippen LogP contribution in [0.2, 0.25) is 0 Å². The van der Waals surface area contributed by atoms with Crippen LogP contribution in [-0.4, -0.2) is 21.3 Å². The van der Waals surface area contributed by atoms with Crippen molar-refractivity contribution in [1.29, 1.82) is 5.26 Å². The maximum atomic E-state index is 8.69. The smallest absolute Gasteiger partial charge is 0.252 e. The number of benzene rings is 1. The van der Waals surface area contributed by atoms with E-state index in [0.717, 1.165) is 18.8 Å². The summed E-state index contributed by atoms with van der Waals surface area (Å²) in [6.07, 6.45) is 1.55. The van der Waals surface area contributed by atoms with Gasteiger partial charge >= 0.3 is 0 Å². The molecule has 1 N–H and O–H groups in total. The molecular weight excluding hydrogens is 238 g/mol. The van der Waals surface area contributed by atoms with Crippen LogP contribution in [0.15, 0.2) is 30.6 Å². The Morgan fingerprint density at radius 2 is 2.05 bits per heavy atom. The molecule has 5 nitrogen and oxygen atoms in total. The van der Waals surface area contributed by atoms with E-state index in [4.69, 9.17) is 5.26 Å². The Hall–Kier alpha value is -2.19. The summed E-state index contributed by atoms with van der Waals surface area (Å²) in [4.78, 5) is 3.88. The molecule has 0 aliphatic carbocycles. The fraction of sp³-hybridized carbons (Fsp3) is 0.357. The summed E-state index contributed by atoms with van der Waals surface area (Å²) in [6, 6.07) is 9.97. The van der Waals surface area contributed by atoms with Gasteiger partial charge < -0.3 is 5.32 Å². The monoisotopic (exact) mass is 255 g/mol. The normalized spacial score (nSPS) is 10.6. The molecule has 0 aliphatic heterocycles. The van der Waals surface area contributed by atoms with Crippen molar-refractivity contribution in [2.24, 2.45) is 5.92 Å². The third kappa shape index (κ3) is 3.63. The Morgan fingerprint density at radius 3 is 2.63 bits per heavy atom. The maximum absolute atomic E-state index is 8.69. The first-order valence-electron chi connectivity index (χ1n) is 6.31. The van der Waals surface area contributed by atoms with Crippen LogP contribution in [0.3, 0.4) is 0 Å². The average Bonchev–Trinajstić information content (AvgIpc) is 2.88. The summed E-state index contributed by atoms with van der Waals surface area (Å²) < 4.78 is 1.60. The van der Waals surface area contributed by atoms with Crippen molar-refractivity contribution < 1.29 is 0 Å². The standard InChI is InChI=1S/C14H17N5/c1-11(2)8-16-9-12-3-5-13(6-4-12)19-10-17-14(7-15)18-19/h3-6,10-11,16H,8-9H2,1-2H3. The molecule has 0 atom stereocenters. The lowest BCUT2D eigenvalue weighted by atomic mass is 10.2. The van der Waals surface area contributed by atoms with Crippen molar-refractivity contribution in [3.05, 3.63) is 42.0 Å². The number of nitrogens with one attached hydrogen (secondary N) is 1. The number of nitrogens with zero attached hydrogens (tertiary/aromatic N) is 4. The van der Waals surface area contributed by atoms with Crippen molar-refractivity contribution in [2.75, 3.05) is 6.54 Å². The second-order valence-electron chi connectivity index (χ2n) is 4.82. The van der Waals surface area contributed by atoms with E-state index < -0.39 is 0 Å². The minimum atomic E-state index is 0.183. The number of hydrogen-bond acceptors (Lipinski definition) is 4. The summed E-state index contributed by atoms with van der Waals surface area (Å²) >= 11 is 0. The van der Waals surface area contributed by atoms with Crippen LogP contribution >= 0.6 is 0 Å². The summed E-state index contributed by atoms with van der Waals surface area (Å²) in [5.74, 6) is 0.835. The van der Waals surface area contributed by atoms with Crippen LogP contribution in [0.1, 0.15) is 25.2 Å². The van der Waals surface area contributed by atoms with Gasteiger partial charge in [-0.2, -0.15) is 5.26 Å². The van der Waals surface area contributed by atoms with Gasteiger partial charge in [-0.05, 0) is 30.2 Å². The zero-order valence-corrected chi connectivity index (χ0v) is 11.2. The van der Waals surface area contributed by atoms with Crippen molar-refractivity contribution in [2.45, 2.75) is 20.4 Å². The molecule has 2 aromatic rings. The molecule has 0 fully saturated rings. The molecule has 98 valence electrons. The Kier molecular flexibility index (Phi) is 4.26. The lowest BCUT2D eigenvalue weighted by Crippen LogP contribution is -2.18. The third-order valence-electron chi connectivity index (χ3n) is 2.67. The van der Waals surface area contributed by atoms with Gasteiger partial charge in [0.2, 0.25) is 0 Å². The van der Waals surface area contributed by atoms with Crippen LogP contribution < -0.4 is 5.32 Å². The van der Waals surface area contributed by atoms with Crippen molar-refractivity contribution in [3.8, 4) is 11.8 Å². The zero-order valence-electron chi connectivity index (χ0n) is 11.2. The quantitative estimate of drug-likeness (QED) is 0.886. The van der Waals surface area contributed by atoms with Gasteiger partial charge in [0.15, 0.2) is 0 Å². The number of nitriles is 1. The molecule has 2 rings (SSSR count). The first-order chi connectivity index (χ1) is 9.19. The van der Waals surface area contributed by atoms with Crippen LogP contribution in [0.5, 0.6) is 0 Å². The first-order valence-corrected chi connectivity index (χ1v) is 6.31. The highest BCUT2D eigenvalue weighted by atomic mass is 15.3. The van der Waals surface area contributed by atoms with Gasteiger partial charge in [-0.3, -0.25) is 0 Å². The zero-order chi connectivity index (χ0) is 13.7. The highest BCUT2D eigenvalue weighted by molar-refractivity contribution is 5.33. The highest BCUT2D eigenvalue weighted by Gasteiger charge is 2.02. The van der Waals surface area contributed by atoms with Crippen molar-refractivity contribution in [1.82, 2.24) is 20.1 Å². The van der Waals surface area contributed by atoms with Crippen molar-refractivity contribution in [3.63, 3.8) is 0 Å². The van der Waals surface area contributed by atoms with E-state index in [-0.39, 0.29) is 5.82 Å². The van der Waals surface area contributed by atoms with E-state index in [0.29, 0.717) is 5.92 Å². The summed E-state index contributed by atoms with van der Waals surface area (Å²) in [5.41, 5.74) is 2.13. The molecule has 1 aromatic heterocycles. The fourth-order valence-corrected chi connectivity index (χ4v) is 1.71. The Bertz CT molecular complexity index is 562. The fourth-order valence-electron chi connectivity index (χ4n) is 1.71. The number of rotatable bonds is 5. The molecule has 0 bridgehead atoms. The van der Waals surface area contributed by atoms with Crippen LogP contribution in [0, 0.1) is 17.2 Å². The minimum absolute atomic E-state index is 0.183. The molecule has 0 radical (unpaired) electrons. The Morgan fingerprint density at radius 1 is 1.32 bits per heavy atom. The molecule has 19 heavy (non-hydrogen) atoms. The molecule has 0 spiro atoms. The van der Waals surface area contributed by atoms with Crippen LogP contribution in [-0.2, 0) is 6.54 Å². The predicted octanol–water partition coefficient (Wildman–Crippen LogP) is 1.88. The van der Waals surface area contributed by atoms with E-state index in [9.17, 15) is 0 Å². The van der Waals surface area contributed by atoms with Gasteiger partial charge in [0, 0.05) is 6.54 Å². The van der Waals surface area contributed by atoms with E-state index in [1.807, 2.05) is 18.2 Å².